The van der Waals surface area contributed by atoms with Crippen molar-refractivity contribution in [2.45, 2.75) is 45.6 Å². The summed E-state index contributed by atoms with van der Waals surface area (Å²) in [6.45, 7) is 5.33. The first-order valence-corrected chi connectivity index (χ1v) is 6.56. The monoisotopic (exact) mass is 231 g/mol. The lowest BCUT2D eigenvalue weighted by Crippen LogP contribution is -2.18. The second-order valence-corrected chi connectivity index (χ2v) is 4.64. The average Bonchev–Trinajstić information content (AvgIpc) is 2.40. The molecule has 0 fully saturated rings. The first-order chi connectivity index (χ1) is 8.31. The number of nitrogens with one attached hydrogen (secondary N) is 1. The van der Waals surface area contributed by atoms with Gasteiger partial charge in [-0.05, 0) is 44.7 Å². The van der Waals surface area contributed by atoms with Crippen molar-refractivity contribution < 1.29 is 0 Å². The van der Waals surface area contributed by atoms with Crippen LogP contribution in [0.15, 0.2) is 23.3 Å². The van der Waals surface area contributed by atoms with E-state index in [0.717, 1.165) is 25.2 Å². The minimum Gasteiger partial charge on any atom is -0.367 e. The smallest absolute Gasteiger partial charge is 0.135 e. The zero-order valence-electron chi connectivity index (χ0n) is 10.7. The molecular formula is C14H21N3. The Morgan fingerprint density at radius 2 is 2.29 bits per heavy atom. The van der Waals surface area contributed by atoms with Crippen LogP contribution in [0.1, 0.15) is 45.1 Å². The van der Waals surface area contributed by atoms with Gasteiger partial charge in [-0.15, -0.1) is 0 Å². The normalized spacial score (nSPS) is 17.4. The molecule has 0 radical (unpaired) electrons. The van der Waals surface area contributed by atoms with Crippen LogP contribution < -0.4 is 5.32 Å². The lowest BCUT2D eigenvalue weighted by molar-refractivity contribution is 0.736. The lowest BCUT2D eigenvalue weighted by atomic mass is 10.0. The van der Waals surface area contributed by atoms with E-state index < -0.39 is 0 Å². The van der Waals surface area contributed by atoms with Crippen LogP contribution in [0.5, 0.6) is 0 Å². The molecule has 0 saturated carbocycles. The van der Waals surface area contributed by atoms with Gasteiger partial charge in [-0.25, -0.2) is 4.98 Å². The molecule has 0 unspecified atom stereocenters. The predicted octanol–water partition coefficient (Wildman–Crippen LogP) is 3.27. The van der Waals surface area contributed by atoms with Crippen molar-refractivity contribution in [3.63, 3.8) is 0 Å². The molecule has 92 valence electrons. The van der Waals surface area contributed by atoms with Crippen molar-refractivity contribution in [3.8, 4) is 0 Å². The molecule has 1 atom stereocenters. The first kappa shape index (κ1) is 12.1. The van der Waals surface area contributed by atoms with E-state index in [4.69, 9.17) is 0 Å². The van der Waals surface area contributed by atoms with Gasteiger partial charge in [0.25, 0.3) is 0 Å². The molecule has 3 nitrogen and oxygen atoms in total. The zero-order chi connectivity index (χ0) is 12.1. The Balaban J connectivity index is 2.23. The fraction of sp³-hybridized carbons (Fsp3) is 0.571. The molecular weight excluding hydrogens is 210 g/mol. The van der Waals surface area contributed by atoms with Crippen LogP contribution in [-0.2, 0) is 0 Å². The van der Waals surface area contributed by atoms with Crippen LogP contribution in [0, 0.1) is 0 Å². The summed E-state index contributed by atoms with van der Waals surface area (Å²) in [6.07, 6.45) is 6.50. The van der Waals surface area contributed by atoms with E-state index in [9.17, 15) is 0 Å². The maximum Gasteiger partial charge on any atom is 0.135 e. The van der Waals surface area contributed by atoms with Gasteiger partial charge in [-0.1, -0.05) is 6.92 Å². The van der Waals surface area contributed by atoms with E-state index in [-0.39, 0.29) is 0 Å². The summed E-state index contributed by atoms with van der Waals surface area (Å²) < 4.78 is 0. The molecule has 0 aliphatic carbocycles. The van der Waals surface area contributed by atoms with Crippen LogP contribution in [0.4, 0.5) is 5.82 Å². The molecule has 2 heterocycles. The summed E-state index contributed by atoms with van der Waals surface area (Å²) in [5.41, 5.74) is 2.41. The number of rotatable bonds is 4. The summed E-state index contributed by atoms with van der Waals surface area (Å²) in [5, 5.41) is 3.47. The third-order valence-electron chi connectivity index (χ3n) is 3.24. The summed E-state index contributed by atoms with van der Waals surface area (Å²) in [6, 6.07) is 4.57. The van der Waals surface area contributed by atoms with E-state index in [1.807, 2.05) is 12.3 Å². The van der Waals surface area contributed by atoms with E-state index in [2.05, 4.69) is 35.2 Å². The Hall–Kier alpha value is -1.38. The van der Waals surface area contributed by atoms with Gasteiger partial charge in [0.1, 0.15) is 5.82 Å². The number of pyridine rings is 1. The van der Waals surface area contributed by atoms with Crippen molar-refractivity contribution in [3.05, 3.63) is 23.9 Å². The van der Waals surface area contributed by atoms with Gasteiger partial charge in [-0.2, -0.15) is 0 Å². The third kappa shape index (κ3) is 3.05. The Morgan fingerprint density at radius 1 is 1.41 bits per heavy atom. The van der Waals surface area contributed by atoms with Crippen molar-refractivity contribution in [1.82, 2.24) is 4.98 Å². The van der Waals surface area contributed by atoms with Gasteiger partial charge < -0.3 is 5.32 Å². The molecule has 3 heteroatoms. The minimum atomic E-state index is 0.452. The number of hydrogen-bond acceptors (Lipinski definition) is 3. The van der Waals surface area contributed by atoms with Gasteiger partial charge in [0.2, 0.25) is 0 Å². The standard InChI is InChI=1S/C14H21N3/c1-3-11(2)17-14-12(7-6-10-16-14)13-8-4-5-9-15-13/h6-7,10-11H,3-5,8-9H2,1-2H3,(H,16,17)/t11-/m1/s1. The van der Waals surface area contributed by atoms with E-state index >= 15 is 0 Å². The van der Waals surface area contributed by atoms with Crippen LogP contribution >= 0.6 is 0 Å². The van der Waals surface area contributed by atoms with Crippen LogP contribution in [0.3, 0.4) is 0 Å². The Labute approximate surface area is 103 Å². The Bertz CT molecular complexity index is 398. The maximum atomic E-state index is 4.63. The number of aromatic nitrogens is 1. The SMILES string of the molecule is CC[C@@H](C)Nc1ncccc1C1=NCCCC1. The molecule has 0 spiro atoms. The van der Waals surface area contributed by atoms with Crippen molar-refractivity contribution in [2.24, 2.45) is 4.99 Å². The third-order valence-corrected chi connectivity index (χ3v) is 3.24. The number of anilines is 1. The fourth-order valence-corrected chi connectivity index (χ4v) is 2.01. The fourth-order valence-electron chi connectivity index (χ4n) is 2.01. The summed E-state index contributed by atoms with van der Waals surface area (Å²) in [4.78, 5) is 9.08. The zero-order valence-corrected chi connectivity index (χ0v) is 10.7. The van der Waals surface area contributed by atoms with Gasteiger partial charge >= 0.3 is 0 Å². The van der Waals surface area contributed by atoms with Crippen LogP contribution in [-0.4, -0.2) is 23.3 Å². The van der Waals surface area contributed by atoms with Gasteiger partial charge in [-0.3, -0.25) is 4.99 Å². The number of aliphatic imine (C=N–C) groups is 1. The first-order valence-electron chi connectivity index (χ1n) is 6.56. The topological polar surface area (TPSA) is 37.3 Å². The van der Waals surface area contributed by atoms with Gasteiger partial charge in [0.05, 0.1) is 0 Å². The molecule has 0 aromatic carbocycles. The summed E-state index contributed by atoms with van der Waals surface area (Å²) >= 11 is 0. The number of hydrogen-bond donors (Lipinski definition) is 1. The highest BCUT2D eigenvalue weighted by Gasteiger charge is 2.13. The van der Waals surface area contributed by atoms with Gasteiger partial charge in [0, 0.05) is 30.1 Å². The average molecular weight is 231 g/mol. The largest absolute Gasteiger partial charge is 0.367 e. The molecule has 1 aromatic heterocycles. The van der Waals surface area contributed by atoms with Crippen LogP contribution in [0.2, 0.25) is 0 Å². The Morgan fingerprint density at radius 3 is 3.00 bits per heavy atom. The minimum absolute atomic E-state index is 0.452. The second kappa shape index (κ2) is 5.80. The highest BCUT2D eigenvalue weighted by molar-refractivity contribution is 6.04. The predicted molar refractivity (Wildman–Crippen MR) is 72.9 cm³/mol. The molecule has 2 rings (SSSR count). The highest BCUT2D eigenvalue weighted by Crippen LogP contribution is 2.20. The molecule has 0 amide bonds. The molecule has 1 aliphatic heterocycles. The second-order valence-electron chi connectivity index (χ2n) is 4.64. The van der Waals surface area contributed by atoms with Crippen molar-refractivity contribution in [2.75, 3.05) is 11.9 Å². The van der Waals surface area contributed by atoms with E-state index in [1.54, 1.807) is 0 Å². The quantitative estimate of drug-likeness (QED) is 0.863. The van der Waals surface area contributed by atoms with Crippen LogP contribution in [0.25, 0.3) is 0 Å². The molecule has 0 saturated heterocycles. The number of nitrogens with zero attached hydrogens (tertiary/aromatic N) is 2. The summed E-state index contributed by atoms with van der Waals surface area (Å²) in [5.74, 6) is 0.988. The van der Waals surface area contributed by atoms with E-state index in [0.29, 0.717) is 6.04 Å². The van der Waals surface area contributed by atoms with Crippen molar-refractivity contribution in [1.29, 1.82) is 0 Å². The molecule has 1 aromatic rings. The molecule has 1 N–H and O–H groups in total. The highest BCUT2D eigenvalue weighted by atomic mass is 15.0. The molecule has 0 bridgehead atoms. The van der Waals surface area contributed by atoms with E-state index in [1.165, 1.54) is 24.1 Å². The van der Waals surface area contributed by atoms with Crippen molar-refractivity contribution >= 4 is 11.5 Å². The molecule has 17 heavy (non-hydrogen) atoms. The molecule has 1 aliphatic rings. The van der Waals surface area contributed by atoms with Gasteiger partial charge in [0.15, 0.2) is 0 Å². The lowest BCUT2D eigenvalue weighted by Gasteiger charge is -2.18. The summed E-state index contributed by atoms with van der Waals surface area (Å²) in [7, 11) is 0. The Kier molecular flexibility index (Phi) is 4.13. The maximum absolute atomic E-state index is 4.63.